The first-order valence-corrected chi connectivity index (χ1v) is 5.25. The van der Waals surface area contributed by atoms with Crippen molar-refractivity contribution < 1.29 is 19.7 Å². The van der Waals surface area contributed by atoms with Gasteiger partial charge in [0, 0.05) is 7.11 Å². The summed E-state index contributed by atoms with van der Waals surface area (Å²) < 4.78 is 10.2. The van der Waals surface area contributed by atoms with Gasteiger partial charge in [-0.05, 0) is 5.92 Å². The fraction of sp³-hybridized carbons (Fsp3) is 0.818. The minimum absolute atomic E-state index is 0.0356. The second-order valence-electron chi connectivity index (χ2n) is 4.14. The molecule has 0 aromatic carbocycles. The lowest BCUT2D eigenvalue weighted by molar-refractivity contribution is -0.0508. The van der Waals surface area contributed by atoms with Gasteiger partial charge in [-0.15, -0.1) is 0 Å². The van der Waals surface area contributed by atoms with Crippen molar-refractivity contribution in [3.8, 4) is 0 Å². The highest BCUT2D eigenvalue weighted by Gasteiger charge is 2.45. The van der Waals surface area contributed by atoms with Crippen LogP contribution >= 0.6 is 0 Å². The van der Waals surface area contributed by atoms with E-state index in [4.69, 9.17) is 14.6 Å². The molecule has 0 saturated carbocycles. The standard InChI is InChI=1S/C11H20O4/c1-7(2)4-5-8-11(15-8)10(13)9(6-12)14-3/h4-5,7-13H,6H2,1-3H3/b5-4+/t8-,9+,10+,11+/m1/s1. The van der Waals surface area contributed by atoms with Crippen LogP contribution in [0.3, 0.4) is 0 Å². The van der Waals surface area contributed by atoms with Crippen molar-refractivity contribution >= 4 is 0 Å². The van der Waals surface area contributed by atoms with E-state index in [0.29, 0.717) is 5.92 Å². The van der Waals surface area contributed by atoms with E-state index >= 15 is 0 Å². The fourth-order valence-electron chi connectivity index (χ4n) is 1.43. The van der Waals surface area contributed by atoms with Crippen LogP contribution in [-0.2, 0) is 9.47 Å². The summed E-state index contributed by atoms with van der Waals surface area (Å²) in [6.07, 6.45) is 2.39. The molecule has 1 saturated heterocycles. The molecule has 1 heterocycles. The summed E-state index contributed by atoms with van der Waals surface area (Å²) in [5, 5.41) is 18.7. The first kappa shape index (κ1) is 12.6. The number of aliphatic hydroxyl groups excluding tert-OH is 2. The number of ether oxygens (including phenoxy) is 2. The van der Waals surface area contributed by atoms with Gasteiger partial charge >= 0.3 is 0 Å². The van der Waals surface area contributed by atoms with Gasteiger partial charge in [-0.1, -0.05) is 26.0 Å². The smallest absolute Gasteiger partial charge is 0.117 e. The highest BCUT2D eigenvalue weighted by molar-refractivity contribution is 5.07. The third-order valence-electron chi connectivity index (χ3n) is 2.45. The number of aliphatic hydroxyl groups is 2. The topological polar surface area (TPSA) is 62.2 Å². The molecule has 4 nitrogen and oxygen atoms in total. The van der Waals surface area contributed by atoms with Crippen LogP contribution < -0.4 is 0 Å². The lowest BCUT2D eigenvalue weighted by Crippen LogP contribution is -2.36. The maximum atomic E-state index is 9.74. The molecule has 0 aromatic rings. The van der Waals surface area contributed by atoms with Gasteiger partial charge in [-0.2, -0.15) is 0 Å². The maximum Gasteiger partial charge on any atom is 0.117 e. The quantitative estimate of drug-likeness (QED) is 0.496. The normalized spacial score (nSPS) is 29.7. The number of allylic oxidation sites excluding steroid dienone is 1. The zero-order chi connectivity index (χ0) is 11.4. The van der Waals surface area contributed by atoms with Gasteiger partial charge in [-0.25, -0.2) is 0 Å². The maximum absolute atomic E-state index is 9.74. The molecule has 1 aliphatic heterocycles. The third-order valence-corrected chi connectivity index (χ3v) is 2.45. The average molecular weight is 216 g/mol. The first-order valence-electron chi connectivity index (χ1n) is 5.25. The first-order chi connectivity index (χ1) is 7.10. The van der Waals surface area contributed by atoms with Crippen LogP contribution in [0.2, 0.25) is 0 Å². The number of hydrogen-bond donors (Lipinski definition) is 2. The molecule has 4 atom stereocenters. The molecule has 0 aliphatic carbocycles. The van der Waals surface area contributed by atoms with Gasteiger partial charge in [0.25, 0.3) is 0 Å². The van der Waals surface area contributed by atoms with Crippen molar-refractivity contribution in [1.82, 2.24) is 0 Å². The number of methoxy groups -OCH3 is 1. The Labute approximate surface area is 90.5 Å². The van der Waals surface area contributed by atoms with Gasteiger partial charge < -0.3 is 19.7 Å². The minimum atomic E-state index is -0.762. The Hall–Kier alpha value is -0.420. The van der Waals surface area contributed by atoms with Gasteiger partial charge in [0.1, 0.15) is 24.4 Å². The van der Waals surface area contributed by atoms with E-state index < -0.39 is 12.2 Å². The third kappa shape index (κ3) is 3.57. The monoisotopic (exact) mass is 216 g/mol. The molecule has 1 fully saturated rings. The molecule has 1 aliphatic rings. The highest BCUT2D eigenvalue weighted by atomic mass is 16.6. The molecule has 2 N–H and O–H groups in total. The van der Waals surface area contributed by atoms with E-state index in [1.807, 2.05) is 12.2 Å². The van der Waals surface area contributed by atoms with E-state index in [2.05, 4.69) is 13.8 Å². The van der Waals surface area contributed by atoms with Crippen molar-refractivity contribution in [1.29, 1.82) is 0 Å². The second-order valence-corrected chi connectivity index (χ2v) is 4.14. The molecule has 15 heavy (non-hydrogen) atoms. The zero-order valence-electron chi connectivity index (χ0n) is 9.46. The van der Waals surface area contributed by atoms with Crippen LogP contribution in [0.5, 0.6) is 0 Å². The molecule has 0 bridgehead atoms. The SMILES string of the molecule is CO[C@@H](CO)[C@H](O)[C@H]1O[C@@H]1/C=C/C(C)C. The molecule has 0 unspecified atom stereocenters. The van der Waals surface area contributed by atoms with E-state index in [0.717, 1.165) is 0 Å². The van der Waals surface area contributed by atoms with Crippen molar-refractivity contribution in [2.24, 2.45) is 5.92 Å². The Morgan fingerprint density at radius 1 is 1.47 bits per heavy atom. The fourth-order valence-corrected chi connectivity index (χ4v) is 1.43. The van der Waals surface area contributed by atoms with Crippen LogP contribution in [0.1, 0.15) is 13.8 Å². The molecule has 1 rings (SSSR count). The largest absolute Gasteiger partial charge is 0.394 e. The Morgan fingerprint density at radius 3 is 2.60 bits per heavy atom. The molecule has 0 radical (unpaired) electrons. The van der Waals surface area contributed by atoms with E-state index in [1.165, 1.54) is 7.11 Å². The second kappa shape index (κ2) is 5.61. The molecular formula is C11H20O4. The highest BCUT2D eigenvalue weighted by Crippen LogP contribution is 2.29. The summed E-state index contributed by atoms with van der Waals surface area (Å²) in [6, 6.07) is 0. The van der Waals surface area contributed by atoms with Crippen molar-refractivity contribution in [2.75, 3.05) is 13.7 Å². The van der Waals surface area contributed by atoms with Crippen LogP contribution in [0.4, 0.5) is 0 Å². The van der Waals surface area contributed by atoms with Crippen LogP contribution in [0, 0.1) is 5.92 Å². The summed E-state index contributed by atoms with van der Waals surface area (Å²) in [5.41, 5.74) is 0. The average Bonchev–Trinajstić information content (AvgIpc) is 2.95. The lowest BCUT2D eigenvalue weighted by atomic mass is 10.1. The van der Waals surface area contributed by atoms with Gasteiger partial charge in [0.15, 0.2) is 0 Å². The van der Waals surface area contributed by atoms with Crippen LogP contribution in [-0.4, -0.2) is 48.3 Å². The Kier molecular flexibility index (Phi) is 4.73. The molecule has 0 spiro atoms. The van der Waals surface area contributed by atoms with Crippen molar-refractivity contribution in [3.63, 3.8) is 0 Å². The predicted molar refractivity (Wildman–Crippen MR) is 56.5 cm³/mol. The molecule has 0 amide bonds. The van der Waals surface area contributed by atoms with Gasteiger partial charge in [0.2, 0.25) is 0 Å². The molecule has 4 heteroatoms. The summed E-state index contributed by atoms with van der Waals surface area (Å²) in [4.78, 5) is 0. The molecular weight excluding hydrogens is 196 g/mol. The Morgan fingerprint density at radius 2 is 2.13 bits per heavy atom. The number of hydrogen-bond acceptors (Lipinski definition) is 4. The van der Waals surface area contributed by atoms with E-state index in [1.54, 1.807) is 0 Å². The van der Waals surface area contributed by atoms with E-state index in [9.17, 15) is 5.11 Å². The van der Waals surface area contributed by atoms with E-state index in [-0.39, 0.29) is 18.8 Å². The van der Waals surface area contributed by atoms with Crippen molar-refractivity contribution in [3.05, 3.63) is 12.2 Å². The Balaban J connectivity index is 2.36. The zero-order valence-corrected chi connectivity index (χ0v) is 9.46. The molecule has 88 valence electrons. The van der Waals surface area contributed by atoms with Crippen molar-refractivity contribution in [2.45, 2.75) is 38.3 Å². The van der Waals surface area contributed by atoms with Crippen LogP contribution in [0.15, 0.2) is 12.2 Å². The Bertz CT molecular complexity index is 211. The summed E-state index contributed by atoms with van der Waals surface area (Å²) in [7, 11) is 1.46. The van der Waals surface area contributed by atoms with Gasteiger partial charge in [-0.3, -0.25) is 0 Å². The summed E-state index contributed by atoms with van der Waals surface area (Å²) in [5.74, 6) is 0.475. The molecule has 0 aromatic heterocycles. The summed E-state index contributed by atoms with van der Waals surface area (Å²) >= 11 is 0. The number of rotatable bonds is 6. The predicted octanol–water partition coefficient (Wildman–Crippen LogP) is 0.334. The minimum Gasteiger partial charge on any atom is -0.394 e. The lowest BCUT2D eigenvalue weighted by Gasteiger charge is -2.17. The van der Waals surface area contributed by atoms with Gasteiger partial charge in [0.05, 0.1) is 6.61 Å². The number of epoxide rings is 1. The summed E-state index contributed by atoms with van der Waals surface area (Å²) in [6.45, 7) is 3.96. The van der Waals surface area contributed by atoms with Crippen LogP contribution in [0.25, 0.3) is 0 Å².